The van der Waals surface area contributed by atoms with Gasteiger partial charge in [-0.05, 0) is 96.3 Å². The minimum Gasteiger partial charge on any atom is -0.394 e. The molecule has 3 rings (SSSR count). The van der Waals surface area contributed by atoms with Gasteiger partial charge in [-0.25, -0.2) is 0 Å². The zero-order valence-electron chi connectivity index (χ0n) is 60.4. The summed E-state index contributed by atoms with van der Waals surface area (Å²) < 4.78 is 34.4. The largest absolute Gasteiger partial charge is 0.394 e. The number of carbonyl (C=O) groups is 1. The van der Waals surface area contributed by atoms with Crippen molar-refractivity contribution in [1.29, 1.82) is 0 Å². The second kappa shape index (κ2) is 59.6. The van der Waals surface area contributed by atoms with Gasteiger partial charge in [0, 0.05) is 6.42 Å². The first-order valence-corrected chi connectivity index (χ1v) is 38.3. The van der Waals surface area contributed by atoms with Gasteiger partial charge in [0.05, 0.1) is 38.6 Å². The molecule has 0 spiro atoms. The smallest absolute Gasteiger partial charge is 0.220 e. The van der Waals surface area contributed by atoms with Gasteiger partial charge in [-0.2, -0.15) is 0 Å². The first kappa shape index (κ1) is 89.4. The van der Waals surface area contributed by atoms with E-state index in [4.69, 9.17) is 28.4 Å². The van der Waals surface area contributed by atoms with Crippen molar-refractivity contribution in [3.63, 3.8) is 0 Å². The third-order valence-electron chi connectivity index (χ3n) is 18.2. The number of hydrogen-bond acceptors (Lipinski definition) is 18. The predicted molar refractivity (Wildman–Crippen MR) is 392 cm³/mol. The zero-order chi connectivity index (χ0) is 71.8. The number of unbranched alkanes of at least 4 members (excludes halogenated alkanes) is 24. The summed E-state index contributed by atoms with van der Waals surface area (Å²) >= 11 is 0. The van der Waals surface area contributed by atoms with Crippen LogP contribution in [0.4, 0.5) is 0 Å². The Hall–Kier alpha value is -3.81. The molecule has 0 saturated carbocycles. The van der Waals surface area contributed by atoms with Gasteiger partial charge in [-0.15, -0.1) is 0 Å². The molecule has 3 fully saturated rings. The number of ether oxygens (including phenoxy) is 6. The zero-order valence-corrected chi connectivity index (χ0v) is 60.4. The normalized spacial score (nSPS) is 27.3. The van der Waals surface area contributed by atoms with Gasteiger partial charge in [-0.1, -0.05) is 264 Å². The average molecular weight is 1400 g/mol. The van der Waals surface area contributed by atoms with Gasteiger partial charge in [-0.3, -0.25) is 4.79 Å². The van der Waals surface area contributed by atoms with Crippen molar-refractivity contribution in [1.82, 2.24) is 5.32 Å². The van der Waals surface area contributed by atoms with Crippen LogP contribution < -0.4 is 5.32 Å². The second-order valence-corrected chi connectivity index (χ2v) is 26.7. The van der Waals surface area contributed by atoms with Crippen LogP contribution in [0.3, 0.4) is 0 Å². The summed E-state index contributed by atoms with van der Waals surface area (Å²) in [6.07, 6.45) is 56.0. The third-order valence-corrected chi connectivity index (χ3v) is 18.2. The van der Waals surface area contributed by atoms with Crippen LogP contribution in [-0.2, 0) is 33.2 Å². The number of aliphatic hydroxyl groups excluding tert-OH is 11. The molecule has 0 radical (unpaired) electrons. The minimum absolute atomic E-state index is 0.210. The van der Waals surface area contributed by atoms with Crippen LogP contribution >= 0.6 is 0 Å². The molecule has 0 aromatic heterocycles. The molecule has 0 aromatic rings. The van der Waals surface area contributed by atoms with Gasteiger partial charge in [0.2, 0.25) is 5.91 Å². The van der Waals surface area contributed by atoms with Gasteiger partial charge in [0.25, 0.3) is 0 Å². The van der Waals surface area contributed by atoms with E-state index < -0.39 is 124 Å². The van der Waals surface area contributed by atoms with E-state index in [0.29, 0.717) is 12.8 Å². The number of hydrogen-bond donors (Lipinski definition) is 12. The minimum atomic E-state index is -1.99. The van der Waals surface area contributed by atoms with Gasteiger partial charge >= 0.3 is 0 Å². The molecule has 3 saturated heterocycles. The monoisotopic (exact) mass is 1400 g/mol. The molecule has 0 aliphatic carbocycles. The van der Waals surface area contributed by atoms with E-state index in [2.05, 4.69) is 129 Å². The molecule has 3 aliphatic heterocycles. The molecule has 3 aliphatic rings. The van der Waals surface area contributed by atoms with Crippen LogP contribution in [0.2, 0.25) is 0 Å². The lowest BCUT2D eigenvalue weighted by Gasteiger charge is -2.48. The van der Waals surface area contributed by atoms with Gasteiger partial charge in [0.15, 0.2) is 18.9 Å². The summed E-state index contributed by atoms with van der Waals surface area (Å²) in [5.74, 6) is -0.304. The van der Waals surface area contributed by atoms with E-state index in [0.717, 1.165) is 109 Å². The highest BCUT2D eigenvalue weighted by Gasteiger charge is 2.53. The summed E-state index contributed by atoms with van der Waals surface area (Å²) in [5, 5.41) is 121. The Labute approximate surface area is 595 Å². The highest BCUT2D eigenvalue weighted by molar-refractivity contribution is 5.76. The SMILES string of the molecule is CC/C=C\C/C=C\C/C=C\C/C=C\C/C=C\C/C=C\C/C=C\C/C=C\CCCCCCCCC(=O)NC(COC1OC(CO)C(OC2OC(CO)C(OC3OC(CO)C(O)C(O)C3O)C(O)C2O)C(O)C1O)C(O)/C=C/CC/C=C/CCCCCCCCCCCCCCCCCCC. The molecule has 568 valence electrons. The van der Waals surface area contributed by atoms with Crippen LogP contribution in [0.1, 0.15) is 245 Å². The molecule has 19 nitrogen and oxygen atoms in total. The highest BCUT2D eigenvalue weighted by atomic mass is 16.8. The molecule has 17 unspecified atom stereocenters. The highest BCUT2D eigenvalue weighted by Crippen LogP contribution is 2.33. The lowest BCUT2D eigenvalue weighted by atomic mass is 9.96. The van der Waals surface area contributed by atoms with Crippen LogP contribution in [0, 0.1) is 0 Å². The molecular formula is C80H135NO18. The third kappa shape index (κ3) is 40.2. The fourth-order valence-electron chi connectivity index (χ4n) is 12.1. The summed E-state index contributed by atoms with van der Waals surface area (Å²) in [5.41, 5.74) is 0. The first-order valence-electron chi connectivity index (χ1n) is 38.3. The molecule has 19 heteroatoms. The molecule has 3 heterocycles. The first-order chi connectivity index (χ1) is 48.3. The maximum absolute atomic E-state index is 13.5. The number of amides is 1. The number of nitrogens with one attached hydrogen (secondary N) is 1. The Morgan fingerprint density at radius 2 is 0.707 bits per heavy atom. The van der Waals surface area contributed by atoms with Crippen LogP contribution in [0.5, 0.6) is 0 Å². The van der Waals surface area contributed by atoms with E-state index >= 15 is 0 Å². The number of carbonyl (C=O) groups excluding carboxylic acids is 1. The van der Waals surface area contributed by atoms with E-state index in [9.17, 15) is 61.0 Å². The van der Waals surface area contributed by atoms with Crippen molar-refractivity contribution in [2.45, 2.75) is 349 Å². The number of allylic oxidation sites excluding steroid dienone is 19. The van der Waals surface area contributed by atoms with Crippen LogP contribution in [-0.4, -0.2) is 193 Å². The molecule has 12 N–H and O–H groups in total. The molecule has 0 aromatic carbocycles. The second-order valence-electron chi connectivity index (χ2n) is 26.7. The molecule has 1 amide bonds. The van der Waals surface area contributed by atoms with Crippen molar-refractivity contribution in [3.8, 4) is 0 Å². The Kier molecular flexibility index (Phi) is 53.8. The van der Waals surface area contributed by atoms with Crippen molar-refractivity contribution >= 4 is 5.91 Å². The van der Waals surface area contributed by atoms with E-state index in [1.54, 1.807) is 6.08 Å². The lowest BCUT2D eigenvalue weighted by molar-refractivity contribution is -0.379. The number of aliphatic hydroxyl groups is 11. The average Bonchev–Trinajstić information content (AvgIpc) is 0.577. The van der Waals surface area contributed by atoms with E-state index in [1.807, 2.05) is 6.08 Å². The fourth-order valence-corrected chi connectivity index (χ4v) is 12.1. The lowest BCUT2D eigenvalue weighted by Crippen LogP contribution is -2.66. The topological polar surface area (TPSA) is 307 Å². The Bertz CT molecular complexity index is 2260. The van der Waals surface area contributed by atoms with Crippen molar-refractivity contribution in [3.05, 3.63) is 122 Å². The predicted octanol–water partition coefficient (Wildman–Crippen LogP) is 11.9. The summed E-state index contributed by atoms with van der Waals surface area (Å²) in [6.45, 7) is 1.59. The van der Waals surface area contributed by atoms with Crippen molar-refractivity contribution in [2.24, 2.45) is 0 Å². The van der Waals surface area contributed by atoms with Crippen molar-refractivity contribution in [2.75, 3.05) is 26.4 Å². The Balaban J connectivity index is 1.42. The Morgan fingerprint density at radius 1 is 0.374 bits per heavy atom. The number of rotatable bonds is 58. The summed E-state index contributed by atoms with van der Waals surface area (Å²) in [4.78, 5) is 13.5. The van der Waals surface area contributed by atoms with Gasteiger partial charge < -0.3 is 89.9 Å². The Morgan fingerprint density at radius 3 is 1.13 bits per heavy atom. The van der Waals surface area contributed by atoms with E-state index in [1.165, 1.54) is 103 Å². The van der Waals surface area contributed by atoms with Crippen molar-refractivity contribution < 1.29 is 89.4 Å². The molecular weight excluding hydrogens is 1260 g/mol. The quantitative estimate of drug-likeness (QED) is 0.0199. The van der Waals surface area contributed by atoms with Gasteiger partial charge in [0.1, 0.15) is 73.2 Å². The molecule has 99 heavy (non-hydrogen) atoms. The summed E-state index contributed by atoms with van der Waals surface area (Å²) in [7, 11) is 0. The standard InChI is InChI=1S/C80H135NO18/c1-3-5-7-9-11-13-15-17-19-21-23-25-27-28-29-30-31-32-33-34-36-38-40-42-44-46-48-50-52-54-56-58-68(86)81-63(64(85)57-55-53-51-49-47-45-43-41-39-37-35-26-24-22-20-18-16-14-12-10-8-6-4-2)62-94-78-74(92)71(89)76(66(60-83)96-78)99-80-75(93)72(90)77(67(61-84)97-80)98-79-73(91)70(88)69(87)65(59-82)95-79/h5,7,11,13,17,19,23,25,28-29,31-32,34,36,40,42,47,49,55,57,63-67,69-80,82-85,87-93H,3-4,6,8-10,12,14-16,18,20-22,24,26-27,30,33,35,37-39,41,43-46,48,50-54,56,58-62H2,1-2H3,(H,81,86)/b7-5-,13-11-,19-17-,25-23-,29-28-,32-31-,36-34-,42-40-,49-47+,57-55+. The maximum atomic E-state index is 13.5. The maximum Gasteiger partial charge on any atom is 0.220 e. The molecule has 17 atom stereocenters. The molecule has 0 bridgehead atoms. The van der Waals surface area contributed by atoms with Crippen LogP contribution in [0.15, 0.2) is 122 Å². The summed E-state index contributed by atoms with van der Waals surface area (Å²) in [6, 6.07) is -1.01. The fraction of sp³-hybridized carbons (Fsp3) is 0.738. The van der Waals surface area contributed by atoms with Crippen LogP contribution in [0.25, 0.3) is 0 Å². The van der Waals surface area contributed by atoms with E-state index in [-0.39, 0.29) is 18.9 Å².